The Morgan fingerprint density at radius 2 is 1.68 bits per heavy atom. The summed E-state index contributed by atoms with van der Waals surface area (Å²) in [6.07, 6.45) is 0.995. The van der Waals surface area contributed by atoms with Crippen molar-refractivity contribution < 1.29 is 14.0 Å². The smallest absolute Gasteiger partial charge is 0.244 e. The fourth-order valence-corrected chi connectivity index (χ4v) is 2.49. The van der Waals surface area contributed by atoms with Gasteiger partial charge in [-0.25, -0.2) is 4.39 Å². The molecule has 0 spiro atoms. The predicted molar refractivity (Wildman–Crippen MR) is 96.6 cm³/mol. The number of rotatable bonds is 7. The molecule has 25 heavy (non-hydrogen) atoms. The first-order chi connectivity index (χ1) is 12.0. The van der Waals surface area contributed by atoms with Gasteiger partial charge in [-0.15, -0.1) is 0 Å². The van der Waals surface area contributed by atoms with E-state index in [2.05, 4.69) is 5.32 Å². The summed E-state index contributed by atoms with van der Waals surface area (Å²) in [4.78, 5) is 26.2. The van der Waals surface area contributed by atoms with Gasteiger partial charge in [-0.2, -0.15) is 0 Å². The maximum atomic E-state index is 12.9. The molecule has 0 radical (unpaired) electrons. The molecule has 0 saturated carbocycles. The zero-order valence-corrected chi connectivity index (χ0v) is 14.5. The third-order valence-corrected chi connectivity index (χ3v) is 3.86. The van der Waals surface area contributed by atoms with Gasteiger partial charge in [-0.3, -0.25) is 9.59 Å². The largest absolute Gasteiger partial charge is 0.331 e. The molecular weight excluding hydrogens is 319 g/mol. The van der Waals surface area contributed by atoms with Gasteiger partial charge in [-0.1, -0.05) is 30.3 Å². The number of anilines is 1. The number of aryl methyl sites for hydroxylation is 1. The van der Waals surface area contributed by atoms with E-state index in [-0.39, 0.29) is 30.2 Å². The van der Waals surface area contributed by atoms with Crippen LogP contribution < -0.4 is 5.32 Å². The first-order valence-electron chi connectivity index (χ1n) is 8.34. The molecule has 0 bridgehead atoms. The van der Waals surface area contributed by atoms with E-state index in [1.165, 1.54) is 24.3 Å². The molecule has 2 rings (SSSR count). The lowest BCUT2D eigenvalue weighted by Crippen LogP contribution is -2.42. The number of benzene rings is 2. The molecule has 4 nitrogen and oxygen atoms in total. The topological polar surface area (TPSA) is 49.4 Å². The van der Waals surface area contributed by atoms with Crippen molar-refractivity contribution in [1.29, 1.82) is 0 Å². The highest BCUT2D eigenvalue weighted by molar-refractivity contribution is 5.94. The summed E-state index contributed by atoms with van der Waals surface area (Å²) in [6.45, 7) is 3.74. The van der Waals surface area contributed by atoms with Crippen molar-refractivity contribution in [2.24, 2.45) is 0 Å². The lowest BCUT2D eigenvalue weighted by molar-refractivity contribution is -0.136. The van der Waals surface area contributed by atoms with Gasteiger partial charge in [0.1, 0.15) is 12.4 Å². The van der Waals surface area contributed by atoms with Crippen molar-refractivity contribution in [3.63, 3.8) is 0 Å². The molecule has 1 N–H and O–H groups in total. The van der Waals surface area contributed by atoms with Gasteiger partial charge in [0.15, 0.2) is 0 Å². The molecule has 0 aromatic heterocycles. The Hall–Kier alpha value is -2.69. The van der Waals surface area contributed by atoms with Crippen molar-refractivity contribution in [2.45, 2.75) is 32.7 Å². The van der Waals surface area contributed by atoms with Crippen LogP contribution in [-0.2, 0) is 16.0 Å². The Morgan fingerprint density at radius 3 is 2.28 bits per heavy atom. The maximum Gasteiger partial charge on any atom is 0.244 e. The van der Waals surface area contributed by atoms with Gasteiger partial charge in [0.2, 0.25) is 11.8 Å². The minimum Gasteiger partial charge on any atom is -0.331 e. The van der Waals surface area contributed by atoms with Crippen LogP contribution in [0.25, 0.3) is 0 Å². The molecule has 0 saturated heterocycles. The second-order valence-electron chi connectivity index (χ2n) is 6.16. The Morgan fingerprint density at radius 1 is 1.04 bits per heavy atom. The van der Waals surface area contributed by atoms with E-state index >= 15 is 0 Å². The molecule has 0 fully saturated rings. The molecule has 0 aliphatic carbocycles. The van der Waals surface area contributed by atoms with Crippen molar-refractivity contribution in [1.82, 2.24) is 4.90 Å². The molecule has 0 aliphatic heterocycles. The molecule has 5 heteroatoms. The molecule has 0 unspecified atom stereocenters. The van der Waals surface area contributed by atoms with Crippen LogP contribution in [0.5, 0.6) is 0 Å². The summed E-state index contributed by atoms with van der Waals surface area (Å²) in [5, 5.41) is 2.68. The van der Waals surface area contributed by atoms with Gasteiger partial charge in [0.05, 0.1) is 0 Å². The van der Waals surface area contributed by atoms with Gasteiger partial charge < -0.3 is 10.2 Å². The summed E-state index contributed by atoms with van der Waals surface area (Å²) in [5.74, 6) is -0.723. The molecule has 0 atom stereocenters. The van der Waals surface area contributed by atoms with Crippen molar-refractivity contribution in [2.75, 3.05) is 11.9 Å². The highest BCUT2D eigenvalue weighted by Gasteiger charge is 2.20. The normalized spacial score (nSPS) is 10.6. The standard InChI is InChI=1S/C20H23FN2O2/c1-15(2)23(20(25)13-8-16-6-4-3-5-7-16)14-19(24)22-18-11-9-17(21)10-12-18/h3-7,9-12,15H,8,13-14H2,1-2H3,(H,22,24). The first-order valence-corrected chi connectivity index (χ1v) is 8.34. The molecule has 2 aromatic rings. The zero-order chi connectivity index (χ0) is 18.2. The highest BCUT2D eigenvalue weighted by Crippen LogP contribution is 2.10. The van der Waals surface area contributed by atoms with Gasteiger partial charge in [0, 0.05) is 18.2 Å². The minimum absolute atomic E-state index is 0.0251. The second-order valence-corrected chi connectivity index (χ2v) is 6.16. The maximum absolute atomic E-state index is 12.9. The molecule has 0 heterocycles. The molecule has 2 aromatic carbocycles. The number of amides is 2. The van der Waals surface area contributed by atoms with Crippen LogP contribution in [0.4, 0.5) is 10.1 Å². The van der Waals surface area contributed by atoms with Crippen molar-refractivity contribution in [3.8, 4) is 0 Å². The number of hydrogen-bond acceptors (Lipinski definition) is 2. The SMILES string of the molecule is CC(C)N(CC(=O)Nc1ccc(F)cc1)C(=O)CCc1ccccc1. The summed E-state index contributed by atoms with van der Waals surface area (Å²) in [6, 6.07) is 15.2. The van der Waals surface area contributed by atoms with Gasteiger partial charge in [-0.05, 0) is 50.1 Å². The summed E-state index contributed by atoms with van der Waals surface area (Å²) < 4.78 is 12.9. The molecule has 2 amide bonds. The van der Waals surface area contributed by atoms with E-state index in [9.17, 15) is 14.0 Å². The van der Waals surface area contributed by atoms with E-state index in [4.69, 9.17) is 0 Å². The van der Waals surface area contributed by atoms with E-state index in [0.717, 1.165) is 5.56 Å². The van der Waals surface area contributed by atoms with E-state index in [0.29, 0.717) is 18.5 Å². The number of nitrogens with one attached hydrogen (secondary N) is 1. The molecule has 0 aliphatic rings. The van der Waals surface area contributed by atoms with Gasteiger partial charge >= 0.3 is 0 Å². The Balaban J connectivity index is 1.91. The van der Waals surface area contributed by atoms with Crippen LogP contribution in [0.3, 0.4) is 0 Å². The summed E-state index contributed by atoms with van der Waals surface area (Å²) >= 11 is 0. The van der Waals surface area contributed by atoms with Crippen LogP contribution in [0.1, 0.15) is 25.8 Å². The van der Waals surface area contributed by atoms with Crippen LogP contribution in [0.15, 0.2) is 54.6 Å². The highest BCUT2D eigenvalue weighted by atomic mass is 19.1. The fourth-order valence-electron chi connectivity index (χ4n) is 2.49. The summed E-state index contributed by atoms with van der Waals surface area (Å²) in [7, 11) is 0. The average Bonchev–Trinajstić information content (AvgIpc) is 2.60. The molecular formula is C20H23FN2O2. The number of carbonyl (C=O) groups excluding carboxylic acids is 2. The summed E-state index contributed by atoms with van der Waals surface area (Å²) in [5.41, 5.74) is 1.60. The zero-order valence-electron chi connectivity index (χ0n) is 14.5. The van der Waals surface area contributed by atoms with Crippen LogP contribution >= 0.6 is 0 Å². The van der Waals surface area contributed by atoms with E-state index < -0.39 is 0 Å². The third-order valence-electron chi connectivity index (χ3n) is 3.86. The quantitative estimate of drug-likeness (QED) is 0.835. The number of carbonyl (C=O) groups is 2. The Kier molecular flexibility index (Phi) is 6.69. The minimum atomic E-state index is -0.363. The van der Waals surface area contributed by atoms with Crippen LogP contribution in [0.2, 0.25) is 0 Å². The van der Waals surface area contributed by atoms with Crippen molar-refractivity contribution in [3.05, 3.63) is 66.0 Å². The first kappa shape index (κ1) is 18.6. The average molecular weight is 342 g/mol. The van der Waals surface area contributed by atoms with Crippen molar-refractivity contribution >= 4 is 17.5 Å². The number of halogens is 1. The Labute approximate surface area is 147 Å². The monoisotopic (exact) mass is 342 g/mol. The lowest BCUT2D eigenvalue weighted by atomic mass is 10.1. The third kappa shape index (κ3) is 6.03. The Bertz CT molecular complexity index is 699. The number of nitrogens with zero attached hydrogens (tertiary/aromatic N) is 1. The van der Waals surface area contributed by atoms with Crippen LogP contribution in [0, 0.1) is 5.82 Å². The van der Waals surface area contributed by atoms with Gasteiger partial charge in [0.25, 0.3) is 0 Å². The lowest BCUT2D eigenvalue weighted by Gasteiger charge is -2.26. The van der Waals surface area contributed by atoms with Crippen LogP contribution in [-0.4, -0.2) is 29.3 Å². The second kappa shape index (κ2) is 8.97. The predicted octanol–water partition coefficient (Wildman–Crippen LogP) is 3.63. The fraction of sp³-hybridized carbons (Fsp3) is 0.300. The van der Waals surface area contributed by atoms with E-state index in [1.807, 2.05) is 44.2 Å². The number of hydrogen-bond donors (Lipinski definition) is 1. The molecule has 132 valence electrons. The van der Waals surface area contributed by atoms with E-state index in [1.54, 1.807) is 4.90 Å².